The van der Waals surface area contributed by atoms with Crippen molar-refractivity contribution in [3.63, 3.8) is 0 Å². The fourth-order valence-corrected chi connectivity index (χ4v) is 12.8. The number of nitrogens with two attached hydrogens (primary N) is 1. The van der Waals surface area contributed by atoms with Gasteiger partial charge in [-0.1, -0.05) is 104 Å². The van der Waals surface area contributed by atoms with E-state index in [1.807, 2.05) is 6.07 Å². The molecule has 3 N–H and O–H groups in total. The minimum Gasteiger partial charge on any atom is -0.481 e. The van der Waals surface area contributed by atoms with Gasteiger partial charge in [0.25, 0.3) is 0 Å². The summed E-state index contributed by atoms with van der Waals surface area (Å²) in [5.41, 5.74) is 7.69. The van der Waals surface area contributed by atoms with Gasteiger partial charge in [0, 0.05) is 21.9 Å². The first kappa shape index (κ1) is 37.8. The predicted molar refractivity (Wildman–Crippen MR) is 205 cm³/mol. The van der Waals surface area contributed by atoms with Crippen LogP contribution in [-0.4, -0.2) is 57.3 Å². The maximum absolute atomic E-state index is 13.6. The van der Waals surface area contributed by atoms with Crippen molar-refractivity contribution in [1.29, 1.82) is 0 Å². The van der Waals surface area contributed by atoms with E-state index in [0.717, 1.165) is 49.9 Å². The summed E-state index contributed by atoms with van der Waals surface area (Å²) in [6.45, 7) is 24.5. The van der Waals surface area contributed by atoms with Gasteiger partial charge in [-0.15, -0.1) is 0 Å². The van der Waals surface area contributed by atoms with Crippen molar-refractivity contribution >= 4 is 5.97 Å². The molecule has 0 spiro atoms. The number of carbonyl (C=O) groups is 1. The van der Waals surface area contributed by atoms with E-state index < -0.39 is 17.4 Å². The lowest BCUT2D eigenvalue weighted by Crippen LogP contribution is -2.69. The van der Waals surface area contributed by atoms with Gasteiger partial charge >= 0.3 is 5.97 Å². The summed E-state index contributed by atoms with van der Waals surface area (Å²) in [5.74, 6) is 1.47. The van der Waals surface area contributed by atoms with Crippen LogP contribution in [-0.2, 0) is 14.3 Å². The van der Waals surface area contributed by atoms with Gasteiger partial charge < -0.3 is 20.3 Å². The zero-order chi connectivity index (χ0) is 37.6. The number of carboxylic acid groups (broad SMARTS) is 1. The Balaban J connectivity index is 1.35. The van der Waals surface area contributed by atoms with Gasteiger partial charge in [-0.05, 0) is 91.3 Å². The van der Waals surface area contributed by atoms with Gasteiger partial charge in [0.05, 0.1) is 37.9 Å². The molecular weight excluding hydrogens is 649 g/mol. The average Bonchev–Trinajstić information content (AvgIpc) is 3.58. The Labute approximate surface area is 312 Å². The van der Waals surface area contributed by atoms with Crippen LogP contribution < -0.4 is 5.73 Å². The molecule has 2 heterocycles. The topological polar surface area (TPSA) is 112 Å². The van der Waals surface area contributed by atoms with E-state index in [9.17, 15) is 9.90 Å². The second-order valence-corrected chi connectivity index (χ2v) is 19.9. The van der Waals surface area contributed by atoms with Crippen LogP contribution in [0.25, 0.3) is 11.4 Å². The molecule has 286 valence electrons. The van der Waals surface area contributed by atoms with Gasteiger partial charge in [0.2, 0.25) is 0 Å². The van der Waals surface area contributed by atoms with Crippen molar-refractivity contribution in [2.24, 2.45) is 68.3 Å². The molecule has 2 bridgehead atoms. The number of rotatable bonds is 9. The zero-order valence-electron chi connectivity index (χ0n) is 33.6. The smallest absolute Gasteiger partial charge is 0.307 e. The summed E-state index contributed by atoms with van der Waals surface area (Å²) in [4.78, 5) is 18.4. The molecule has 0 unspecified atom stereocenters. The van der Waals surface area contributed by atoms with Crippen molar-refractivity contribution in [3.8, 4) is 11.4 Å². The van der Waals surface area contributed by atoms with Crippen LogP contribution in [0, 0.1) is 62.6 Å². The van der Waals surface area contributed by atoms with Crippen molar-refractivity contribution in [2.45, 2.75) is 125 Å². The Morgan fingerprint density at radius 3 is 2.42 bits per heavy atom. The highest BCUT2D eigenvalue weighted by atomic mass is 16.5. The van der Waals surface area contributed by atoms with Crippen LogP contribution in [0.15, 0.2) is 48.3 Å². The second kappa shape index (κ2) is 12.8. The molecule has 1 aromatic heterocycles. The Kier molecular flexibility index (Phi) is 9.27. The third kappa shape index (κ3) is 5.26. The van der Waals surface area contributed by atoms with Gasteiger partial charge in [0.1, 0.15) is 6.33 Å². The number of carboxylic acids is 1. The second-order valence-electron chi connectivity index (χ2n) is 19.9. The van der Waals surface area contributed by atoms with Gasteiger partial charge in [-0.2, -0.15) is 5.10 Å². The lowest BCUT2D eigenvalue weighted by molar-refractivity contribution is -0.252. The molecule has 4 aliphatic carbocycles. The normalized spacial score (nSPS) is 41.7. The molecule has 1 aromatic carbocycles. The number of hydrogen-bond donors (Lipinski definition) is 2. The summed E-state index contributed by atoms with van der Waals surface area (Å²) in [6, 6.07) is 10.3. The van der Waals surface area contributed by atoms with Crippen molar-refractivity contribution < 1.29 is 19.4 Å². The highest BCUT2D eigenvalue weighted by molar-refractivity contribution is 5.73. The number of nitrogens with zero attached hydrogens (tertiary/aromatic N) is 3. The van der Waals surface area contributed by atoms with E-state index in [-0.39, 0.29) is 45.1 Å². The molecule has 5 aliphatic rings. The van der Waals surface area contributed by atoms with Crippen molar-refractivity contribution in [3.05, 3.63) is 48.3 Å². The minimum absolute atomic E-state index is 0.0834. The van der Waals surface area contributed by atoms with E-state index in [4.69, 9.17) is 25.3 Å². The van der Waals surface area contributed by atoms with Crippen molar-refractivity contribution in [2.75, 3.05) is 19.8 Å². The molecule has 8 heteroatoms. The van der Waals surface area contributed by atoms with Crippen LogP contribution in [0.3, 0.4) is 0 Å². The van der Waals surface area contributed by atoms with Crippen molar-refractivity contribution in [1.82, 2.24) is 14.8 Å². The van der Waals surface area contributed by atoms with E-state index in [1.54, 1.807) is 6.33 Å². The Hall–Kier alpha value is -2.55. The molecule has 52 heavy (non-hydrogen) atoms. The van der Waals surface area contributed by atoms with Crippen LogP contribution in [0.1, 0.15) is 114 Å². The summed E-state index contributed by atoms with van der Waals surface area (Å²) >= 11 is 0. The van der Waals surface area contributed by atoms with Crippen LogP contribution in [0.4, 0.5) is 0 Å². The number of aromatic nitrogens is 3. The standard InChI is InChI=1S/C44H66N4O4/c1-27(2)29(5)39(6)20-21-41(8)31-16-17-34-40(7)23-51-25-44(34,32(31)18-19-42(41,9)35(39)38(49)50)22-33(36(40)52-24-43(10,45)28(3)4)48-37(46-26-47-48)30-14-12-11-13-15-30/h11-15,18,26-29,31,33-36H,16-17,19-25,45H2,1-10H3,(H,49,50)/t29-,31+,33-,34+,35-,36+,39-,40-,41-,42+,43+,44+/m1/s1. The van der Waals surface area contributed by atoms with E-state index >= 15 is 0 Å². The number of benzene rings is 1. The molecular formula is C44H66N4O4. The first-order chi connectivity index (χ1) is 24.4. The Morgan fingerprint density at radius 2 is 1.77 bits per heavy atom. The highest BCUT2D eigenvalue weighted by Crippen LogP contribution is 2.75. The Morgan fingerprint density at radius 1 is 1.06 bits per heavy atom. The Bertz CT molecular complexity index is 1690. The van der Waals surface area contributed by atoms with E-state index in [1.165, 1.54) is 5.57 Å². The number of aliphatic carboxylic acids is 1. The molecule has 2 aromatic rings. The van der Waals surface area contributed by atoms with Crippen LogP contribution in [0.5, 0.6) is 0 Å². The lowest BCUT2D eigenvalue weighted by atomic mass is 9.34. The summed E-state index contributed by atoms with van der Waals surface area (Å²) in [7, 11) is 0. The molecule has 1 saturated heterocycles. The summed E-state index contributed by atoms with van der Waals surface area (Å²) < 4.78 is 16.1. The third-order valence-corrected chi connectivity index (χ3v) is 16.9. The van der Waals surface area contributed by atoms with Gasteiger partial charge in [-0.25, -0.2) is 9.67 Å². The summed E-state index contributed by atoms with van der Waals surface area (Å²) in [6.07, 6.45) is 9.79. The molecule has 0 amide bonds. The highest BCUT2D eigenvalue weighted by Gasteiger charge is 2.72. The van der Waals surface area contributed by atoms with Gasteiger partial charge in [0.15, 0.2) is 5.82 Å². The van der Waals surface area contributed by atoms with E-state index in [2.05, 4.69) is 104 Å². The first-order valence-electron chi connectivity index (χ1n) is 20.2. The largest absolute Gasteiger partial charge is 0.481 e. The fourth-order valence-electron chi connectivity index (χ4n) is 12.8. The fraction of sp³-hybridized carbons (Fsp3) is 0.750. The monoisotopic (exact) mass is 715 g/mol. The molecule has 3 saturated carbocycles. The maximum Gasteiger partial charge on any atom is 0.307 e. The molecule has 8 nitrogen and oxygen atoms in total. The SMILES string of the molecule is CC(C)[C@@H](C)[C@@]1(C)CC[C@]2(C)[C@H]3CC[C@@H]4[C@@]5(COC[C@@]4(C)[C@@H](OC[C@](C)(N)C(C)C)[C@H](n4ncnc4-c4ccccc4)C5)C3=CC[C@@]2(C)[C@@H]1C(=O)O. The third-order valence-electron chi connectivity index (χ3n) is 16.9. The van der Waals surface area contributed by atoms with Crippen LogP contribution in [0.2, 0.25) is 0 Å². The maximum atomic E-state index is 13.6. The molecule has 7 rings (SSSR count). The molecule has 12 atom stereocenters. The molecule has 0 radical (unpaired) electrons. The lowest BCUT2D eigenvalue weighted by Gasteiger charge is -2.71. The number of fused-ring (bicyclic) bond motifs is 3. The quantitative estimate of drug-likeness (QED) is 0.250. The van der Waals surface area contributed by atoms with Gasteiger partial charge in [-0.3, -0.25) is 4.79 Å². The van der Waals surface area contributed by atoms with E-state index in [0.29, 0.717) is 43.5 Å². The zero-order valence-corrected chi connectivity index (χ0v) is 33.6. The average molecular weight is 715 g/mol. The molecule has 4 fully saturated rings. The minimum atomic E-state index is -0.619. The molecule has 1 aliphatic heterocycles. The van der Waals surface area contributed by atoms with Crippen LogP contribution >= 0.6 is 0 Å². The number of hydrogen-bond acceptors (Lipinski definition) is 6. The first-order valence-corrected chi connectivity index (χ1v) is 20.2. The predicted octanol–water partition coefficient (Wildman–Crippen LogP) is 8.83. The summed E-state index contributed by atoms with van der Waals surface area (Å²) in [5, 5.41) is 16.1. The number of allylic oxidation sites excluding steroid dienone is 1. The number of ether oxygens (including phenoxy) is 2.